The number of carbonyl (C=O) groups excluding carboxylic acids is 1. The highest BCUT2D eigenvalue weighted by Crippen LogP contribution is 2.40. The lowest BCUT2D eigenvalue weighted by Gasteiger charge is -2.38. The Morgan fingerprint density at radius 3 is 2.41 bits per heavy atom. The maximum Gasteiger partial charge on any atom is 0.322 e. The van der Waals surface area contributed by atoms with Gasteiger partial charge in [-0.25, -0.2) is 9.78 Å². The van der Waals surface area contributed by atoms with Gasteiger partial charge in [0.2, 0.25) is 11.6 Å². The van der Waals surface area contributed by atoms with Gasteiger partial charge in [-0.15, -0.1) is 0 Å². The molecule has 1 fully saturated rings. The van der Waals surface area contributed by atoms with Crippen molar-refractivity contribution in [1.82, 2.24) is 9.88 Å². The van der Waals surface area contributed by atoms with Crippen molar-refractivity contribution in [3.63, 3.8) is 0 Å². The van der Waals surface area contributed by atoms with Crippen molar-refractivity contribution in [1.29, 1.82) is 0 Å². The summed E-state index contributed by atoms with van der Waals surface area (Å²) in [6.45, 7) is 0.867. The fourth-order valence-electron chi connectivity index (χ4n) is 2.65. The molecule has 1 aliphatic rings. The first kappa shape index (κ1) is 18.9. The number of aromatic nitrogens is 1. The fourth-order valence-corrected chi connectivity index (χ4v) is 2.82. The number of ether oxygens (including phenoxy) is 4. The van der Waals surface area contributed by atoms with E-state index < -0.39 is 0 Å². The maximum atomic E-state index is 12.4. The zero-order chi connectivity index (χ0) is 19.4. The van der Waals surface area contributed by atoms with Crippen molar-refractivity contribution in [3.8, 4) is 23.1 Å². The van der Waals surface area contributed by atoms with Crippen LogP contribution in [0.4, 0.5) is 10.5 Å². The van der Waals surface area contributed by atoms with Gasteiger partial charge >= 0.3 is 6.03 Å². The highest BCUT2D eigenvalue weighted by Gasteiger charge is 2.33. The molecule has 0 atom stereocenters. The minimum atomic E-state index is -0.253. The van der Waals surface area contributed by atoms with Crippen LogP contribution in [-0.4, -0.2) is 56.4 Å². The molecule has 0 saturated carbocycles. The zero-order valence-corrected chi connectivity index (χ0v) is 15.9. The van der Waals surface area contributed by atoms with Crippen LogP contribution in [0.2, 0.25) is 5.02 Å². The molecular formula is C18H20ClN3O5. The predicted molar refractivity (Wildman–Crippen MR) is 100 cm³/mol. The van der Waals surface area contributed by atoms with E-state index in [1.54, 1.807) is 35.4 Å². The summed E-state index contributed by atoms with van der Waals surface area (Å²) in [6, 6.07) is 6.52. The molecule has 0 unspecified atom stereocenters. The molecule has 0 aliphatic carbocycles. The summed E-state index contributed by atoms with van der Waals surface area (Å²) in [5.74, 6) is 1.75. The summed E-state index contributed by atoms with van der Waals surface area (Å²) in [5, 5.41) is 3.26. The first-order valence-corrected chi connectivity index (χ1v) is 8.56. The molecular weight excluding hydrogens is 374 g/mol. The van der Waals surface area contributed by atoms with E-state index in [1.807, 2.05) is 0 Å². The first-order chi connectivity index (χ1) is 13.0. The van der Waals surface area contributed by atoms with Crippen LogP contribution in [0.25, 0.3) is 0 Å². The Labute approximate surface area is 161 Å². The van der Waals surface area contributed by atoms with Crippen LogP contribution < -0.4 is 24.3 Å². The van der Waals surface area contributed by atoms with Crippen LogP contribution in [0.5, 0.6) is 23.1 Å². The van der Waals surface area contributed by atoms with E-state index >= 15 is 0 Å². The van der Waals surface area contributed by atoms with E-state index in [9.17, 15) is 4.79 Å². The molecule has 144 valence electrons. The van der Waals surface area contributed by atoms with Crippen molar-refractivity contribution in [3.05, 3.63) is 35.5 Å². The van der Waals surface area contributed by atoms with Gasteiger partial charge in [-0.1, -0.05) is 11.6 Å². The Kier molecular flexibility index (Phi) is 5.75. The fraction of sp³-hybridized carbons (Fsp3) is 0.333. The lowest BCUT2D eigenvalue weighted by Crippen LogP contribution is -2.57. The van der Waals surface area contributed by atoms with E-state index in [2.05, 4.69) is 10.3 Å². The number of halogens is 1. The SMILES string of the molecule is COc1cc(NC(=O)N2CC(Oc3ncccc3Cl)C2)cc(OC)c1OC. The van der Waals surface area contributed by atoms with Crippen LogP contribution in [0, 0.1) is 0 Å². The summed E-state index contributed by atoms with van der Waals surface area (Å²) < 4.78 is 21.5. The van der Waals surface area contributed by atoms with Gasteiger partial charge in [-0.2, -0.15) is 0 Å². The topological polar surface area (TPSA) is 82.2 Å². The standard InChI is InChI=1S/C18H20ClN3O5/c1-24-14-7-11(8-15(25-2)16(14)26-3)21-18(23)22-9-12(10-22)27-17-13(19)5-4-6-20-17/h4-8,12H,9-10H2,1-3H3,(H,21,23). The number of methoxy groups -OCH3 is 3. The third-order valence-electron chi connectivity index (χ3n) is 4.05. The van der Waals surface area contributed by atoms with E-state index in [0.717, 1.165) is 0 Å². The molecule has 2 heterocycles. The maximum absolute atomic E-state index is 12.4. The number of urea groups is 1. The molecule has 0 spiro atoms. The van der Waals surface area contributed by atoms with Crippen LogP contribution in [0.1, 0.15) is 0 Å². The quantitative estimate of drug-likeness (QED) is 0.812. The summed E-state index contributed by atoms with van der Waals surface area (Å²) >= 11 is 6.02. The Bertz CT molecular complexity index is 801. The summed E-state index contributed by atoms with van der Waals surface area (Å²) in [6.07, 6.45) is 1.46. The molecule has 1 saturated heterocycles. The molecule has 1 N–H and O–H groups in total. The molecule has 0 bridgehead atoms. The molecule has 0 radical (unpaired) electrons. The predicted octanol–water partition coefficient (Wildman–Crippen LogP) is 3.06. The van der Waals surface area contributed by atoms with Gasteiger partial charge in [0.25, 0.3) is 0 Å². The van der Waals surface area contributed by atoms with E-state index in [-0.39, 0.29) is 12.1 Å². The third-order valence-corrected chi connectivity index (χ3v) is 4.34. The second-order valence-electron chi connectivity index (χ2n) is 5.78. The number of amides is 2. The minimum absolute atomic E-state index is 0.150. The Morgan fingerprint density at radius 2 is 1.85 bits per heavy atom. The Hall–Kier alpha value is -2.87. The molecule has 9 heteroatoms. The van der Waals surface area contributed by atoms with Gasteiger partial charge in [-0.3, -0.25) is 0 Å². The smallest absolute Gasteiger partial charge is 0.322 e. The Morgan fingerprint density at radius 1 is 1.19 bits per heavy atom. The number of hydrogen-bond acceptors (Lipinski definition) is 6. The number of hydrogen-bond donors (Lipinski definition) is 1. The minimum Gasteiger partial charge on any atom is -0.493 e. The summed E-state index contributed by atoms with van der Waals surface area (Å²) in [7, 11) is 4.55. The van der Waals surface area contributed by atoms with Crippen LogP contribution in [0.3, 0.4) is 0 Å². The van der Waals surface area contributed by atoms with Crippen molar-refractivity contribution >= 4 is 23.3 Å². The van der Waals surface area contributed by atoms with Gasteiger partial charge in [0.15, 0.2) is 11.5 Å². The molecule has 27 heavy (non-hydrogen) atoms. The van der Waals surface area contributed by atoms with Gasteiger partial charge in [0.1, 0.15) is 11.1 Å². The third kappa shape index (κ3) is 4.11. The molecule has 1 aromatic heterocycles. The number of pyridine rings is 1. The van der Waals surface area contributed by atoms with Crippen LogP contribution in [0.15, 0.2) is 30.5 Å². The van der Waals surface area contributed by atoms with Crippen molar-refractivity contribution in [2.75, 3.05) is 39.7 Å². The van der Waals surface area contributed by atoms with E-state index in [0.29, 0.717) is 46.9 Å². The first-order valence-electron chi connectivity index (χ1n) is 8.18. The van der Waals surface area contributed by atoms with Gasteiger partial charge in [0, 0.05) is 18.3 Å². The number of nitrogens with one attached hydrogen (secondary N) is 1. The second-order valence-corrected chi connectivity index (χ2v) is 6.19. The summed E-state index contributed by atoms with van der Waals surface area (Å²) in [5.41, 5.74) is 0.534. The van der Waals surface area contributed by atoms with Gasteiger partial charge in [-0.05, 0) is 12.1 Å². The Balaban J connectivity index is 1.60. The van der Waals surface area contributed by atoms with Gasteiger partial charge < -0.3 is 29.2 Å². The van der Waals surface area contributed by atoms with Crippen LogP contribution in [-0.2, 0) is 0 Å². The highest BCUT2D eigenvalue weighted by molar-refractivity contribution is 6.31. The number of benzene rings is 1. The van der Waals surface area contributed by atoms with Crippen LogP contribution >= 0.6 is 11.6 Å². The highest BCUT2D eigenvalue weighted by atomic mass is 35.5. The van der Waals surface area contributed by atoms with E-state index in [4.69, 9.17) is 30.5 Å². The number of likely N-dealkylation sites (tertiary alicyclic amines) is 1. The molecule has 3 rings (SSSR count). The average Bonchev–Trinajstić information content (AvgIpc) is 2.64. The lowest BCUT2D eigenvalue weighted by atomic mass is 10.2. The van der Waals surface area contributed by atoms with Crippen molar-refractivity contribution < 1.29 is 23.7 Å². The number of nitrogens with zero attached hydrogens (tertiary/aromatic N) is 2. The molecule has 2 amide bonds. The number of rotatable bonds is 6. The molecule has 1 aromatic carbocycles. The summed E-state index contributed by atoms with van der Waals surface area (Å²) in [4.78, 5) is 18.1. The van der Waals surface area contributed by atoms with Crippen molar-refractivity contribution in [2.24, 2.45) is 0 Å². The lowest BCUT2D eigenvalue weighted by molar-refractivity contribution is 0.0461. The normalized spacial score (nSPS) is 13.6. The monoisotopic (exact) mass is 393 g/mol. The number of carbonyl (C=O) groups is 1. The second kappa shape index (κ2) is 8.22. The van der Waals surface area contributed by atoms with E-state index in [1.165, 1.54) is 21.3 Å². The molecule has 2 aromatic rings. The molecule has 8 nitrogen and oxygen atoms in total. The molecule has 1 aliphatic heterocycles. The average molecular weight is 394 g/mol. The number of anilines is 1. The largest absolute Gasteiger partial charge is 0.493 e. The zero-order valence-electron chi connectivity index (χ0n) is 15.2. The van der Waals surface area contributed by atoms with Crippen molar-refractivity contribution in [2.45, 2.75) is 6.10 Å². The van der Waals surface area contributed by atoms with Gasteiger partial charge in [0.05, 0.1) is 40.1 Å².